The van der Waals surface area contributed by atoms with Crippen molar-refractivity contribution in [3.8, 4) is 0 Å². The fraction of sp³-hybridized carbons (Fsp3) is 0.615. The molecule has 0 radical (unpaired) electrons. The van der Waals surface area contributed by atoms with Crippen molar-refractivity contribution >= 4 is 5.95 Å². The molecule has 0 spiro atoms. The van der Waals surface area contributed by atoms with Crippen molar-refractivity contribution in [1.29, 1.82) is 0 Å². The lowest BCUT2D eigenvalue weighted by molar-refractivity contribution is 0.116. The third kappa shape index (κ3) is 5.54. The summed E-state index contributed by atoms with van der Waals surface area (Å²) >= 11 is 0. The summed E-state index contributed by atoms with van der Waals surface area (Å²) in [6.45, 7) is 11.2. The van der Waals surface area contributed by atoms with Gasteiger partial charge in [-0.25, -0.2) is 4.98 Å². The Morgan fingerprint density at radius 3 is 3.06 bits per heavy atom. The van der Waals surface area contributed by atoms with E-state index in [-0.39, 0.29) is 0 Å². The van der Waals surface area contributed by atoms with Gasteiger partial charge in [0, 0.05) is 32.1 Å². The highest BCUT2D eigenvalue weighted by Gasteiger charge is 2.00. The van der Waals surface area contributed by atoms with Crippen LogP contribution in [0, 0.1) is 5.92 Å². The minimum Gasteiger partial charge on any atom is -0.380 e. The molecule has 1 heterocycles. The van der Waals surface area contributed by atoms with E-state index in [1.54, 1.807) is 6.20 Å². The highest BCUT2D eigenvalue weighted by Crippen LogP contribution is 2.04. The number of nitrogens with one attached hydrogen (secondary N) is 1. The van der Waals surface area contributed by atoms with Gasteiger partial charge in [0.2, 0.25) is 5.95 Å². The first-order chi connectivity index (χ1) is 8.24. The SMILES string of the molecule is C=CCNc1nccn1CCOCCC(C)C. The molecule has 96 valence electrons. The molecule has 0 saturated carbocycles. The van der Waals surface area contributed by atoms with Crippen LogP contribution in [0.1, 0.15) is 20.3 Å². The van der Waals surface area contributed by atoms with E-state index >= 15 is 0 Å². The highest BCUT2D eigenvalue weighted by molar-refractivity contribution is 5.26. The number of imidazole rings is 1. The van der Waals surface area contributed by atoms with E-state index in [1.165, 1.54) is 0 Å². The molecule has 0 aliphatic rings. The van der Waals surface area contributed by atoms with Gasteiger partial charge in [0.15, 0.2) is 0 Å². The molecular formula is C13H23N3O. The summed E-state index contributed by atoms with van der Waals surface area (Å²) in [6.07, 6.45) is 6.68. The van der Waals surface area contributed by atoms with Crippen molar-refractivity contribution in [2.24, 2.45) is 5.92 Å². The van der Waals surface area contributed by atoms with Gasteiger partial charge in [0.25, 0.3) is 0 Å². The Labute approximate surface area is 104 Å². The van der Waals surface area contributed by atoms with Crippen molar-refractivity contribution in [3.05, 3.63) is 25.0 Å². The number of ether oxygens (including phenoxy) is 1. The highest BCUT2D eigenvalue weighted by atomic mass is 16.5. The van der Waals surface area contributed by atoms with Gasteiger partial charge in [-0.2, -0.15) is 0 Å². The van der Waals surface area contributed by atoms with Crippen molar-refractivity contribution in [2.75, 3.05) is 25.1 Å². The smallest absolute Gasteiger partial charge is 0.203 e. The number of nitrogens with zero attached hydrogens (tertiary/aromatic N) is 2. The summed E-state index contributed by atoms with van der Waals surface area (Å²) in [6, 6.07) is 0. The van der Waals surface area contributed by atoms with Gasteiger partial charge < -0.3 is 14.6 Å². The van der Waals surface area contributed by atoms with Crippen molar-refractivity contribution in [2.45, 2.75) is 26.8 Å². The van der Waals surface area contributed by atoms with Gasteiger partial charge in [-0.05, 0) is 12.3 Å². The van der Waals surface area contributed by atoms with Gasteiger partial charge in [0.05, 0.1) is 6.61 Å². The molecule has 1 rings (SSSR count). The van der Waals surface area contributed by atoms with E-state index in [1.807, 2.05) is 12.3 Å². The Morgan fingerprint density at radius 2 is 2.35 bits per heavy atom. The molecule has 1 aromatic rings. The van der Waals surface area contributed by atoms with Gasteiger partial charge in [-0.15, -0.1) is 6.58 Å². The molecule has 0 aliphatic carbocycles. The molecule has 0 bridgehead atoms. The van der Waals surface area contributed by atoms with Crippen molar-refractivity contribution < 1.29 is 4.74 Å². The number of aromatic nitrogens is 2. The second-order valence-corrected chi connectivity index (χ2v) is 4.41. The number of rotatable bonds is 9. The van der Waals surface area contributed by atoms with E-state index in [0.717, 1.165) is 38.7 Å². The topological polar surface area (TPSA) is 39.1 Å². The second-order valence-electron chi connectivity index (χ2n) is 4.41. The fourth-order valence-electron chi connectivity index (χ4n) is 1.40. The zero-order valence-electron chi connectivity index (χ0n) is 10.9. The maximum atomic E-state index is 5.58. The van der Waals surface area contributed by atoms with Crippen LogP contribution in [0.25, 0.3) is 0 Å². The lowest BCUT2D eigenvalue weighted by Gasteiger charge is -2.09. The molecule has 4 heteroatoms. The molecule has 4 nitrogen and oxygen atoms in total. The fourth-order valence-corrected chi connectivity index (χ4v) is 1.40. The van der Waals surface area contributed by atoms with E-state index in [2.05, 4.69) is 35.3 Å². The third-order valence-corrected chi connectivity index (χ3v) is 2.44. The van der Waals surface area contributed by atoms with Crippen LogP contribution in [-0.2, 0) is 11.3 Å². The Balaban J connectivity index is 2.21. The average molecular weight is 237 g/mol. The average Bonchev–Trinajstić information content (AvgIpc) is 2.73. The maximum Gasteiger partial charge on any atom is 0.203 e. The van der Waals surface area contributed by atoms with Crippen molar-refractivity contribution in [1.82, 2.24) is 9.55 Å². The van der Waals surface area contributed by atoms with E-state index < -0.39 is 0 Å². The van der Waals surface area contributed by atoms with Crippen LogP contribution >= 0.6 is 0 Å². The van der Waals surface area contributed by atoms with Gasteiger partial charge in [-0.1, -0.05) is 19.9 Å². The van der Waals surface area contributed by atoms with Crippen LogP contribution in [0.15, 0.2) is 25.0 Å². The predicted octanol–water partition coefficient (Wildman–Crippen LogP) is 2.54. The second kappa shape index (κ2) is 7.90. The van der Waals surface area contributed by atoms with E-state index in [4.69, 9.17) is 4.74 Å². The predicted molar refractivity (Wildman–Crippen MR) is 71.2 cm³/mol. The van der Waals surface area contributed by atoms with Gasteiger partial charge in [0.1, 0.15) is 0 Å². The Morgan fingerprint density at radius 1 is 1.53 bits per heavy atom. The first-order valence-corrected chi connectivity index (χ1v) is 6.17. The quantitative estimate of drug-likeness (QED) is 0.530. The number of hydrogen-bond acceptors (Lipinski definition) is 3. The Bertz CT molecular complexity index is 320. The summed E-state index contributed by atoms with van der Waals surface area (Å²) in [7, 11) is 0. The van der Waals surface area contributed by atoms with Crippen LogP contribution in [-0.4, -0.2) is 29.3 Å². The van der Waals surface area contributed by atoms with Crippen LogP contribution < -0.4 is 5.32 Å². The molecule has 0 fully saturated rings. The Kier molecular flexibility index (Phi) is 6.40. The zero-order valence-corrected chi connectivity index (χ0v) is 10.9. The minimum absolute atomic E-state index is 0.702. The molecule has 0 atom stereocenters. The Hall–Kier alpha value is -1.29. The summed E-state index contributed by atoms with van der Waals surface area (Å²) < 4.78 is 7.64. The summed E-state index contributed by atoms with van der Waals surface area (Å²) in [4.78, 5) is 4.23. The largest absolute Gasteiger partial charge is 0.380 e. The minimum atomic E-state index is 0.702. The van der Waals surface area contributed by atoms with Crippen LogP contribution in [0.2, 0.25) is 0 Å². The summed E-state index contributed by atoms with van der Waals surface area (Å²) in [5, 5.41) is 3.18. The maximum absolute atomic E-state index is 5.58. The molecule has 0 aromatic carbocycles. The number of anilines is 1. The standard InChI is InChI=1S/C13H23N3O/c1-4-6-14-13-15-7-8-16(13)9-11-17-10-5-12(2)3/h4,7-8,12H,1,5-6,9-11H2,2-3H3,(H,14,15). The molecule has 0 unspecified atom stereocenters. The number of hydrogen-bond donors (Lipinski definition) is 1. The van der Waals surface area contributed by atoms with Gasteiger partial charge in [-0.3, -0.25) is 0 Å². The monoisotopic (exact) mass is 237 g/mol. The molecule has 17 heavy (non-hydrogen) atoms. The molecular weight excluding hydrogens is 214 g/mol. The van der Waals surface area contributed by atoms with E-state index in [0.29, 0.717) is 5.92 Å². The van der Waals surface area contributed by atoms with E-state index in [9.17, 15) is 0 Å². The summed E-state index contributed by atoms with van der Waals surface area (Å²) in [5.74, 6) is 1.57. The van der Waals surface area contributed by atoms with Crippen molar-refractivity contribution in [3.63, 3.8) is 0 Å². The molecule has 1 aromatic heterocycles. The third-order valence-electron chi connectivity index (χ3n) is 2.44. The molecule has 0 saturated heterocycles. The van der Waals surface area contributed by atoms with Crippen LogP contribution in [0.3, 0.4) is 0 Å². The summed E-state index contributed by atoms with van der Waals surface area (Å²) in [5.41, 5.74) is 0. The zero-order chi connectivity index (χ0) is 12.5. The van der Waals surface area contributed by atoms with Crippen LogP contribution in [0.5, 0.6) is 0 Å². The van der Waals surface area contributed by atoms with Crippen LogP contribution in [0.4, 0.5) is 5.95 Å². The molecule has 0 aliphatic heterocycles. The normalized spacial score (nSPS) is 10.8. The van der Waals surface area contributed by atoms with Gasteiger partial charge >= 0.3 is 0 Å². The first-order valence-electron chi connectivity index (χ1n) is 6.17. The molecule has 0 amide bonds. The molecule has 1 N–H and O–H groups in total. The lowest BCUT2D eigenvalue weighted by Crippen LogP contribution is -2.11. The first kappa shape index (κ1) is 13.8. The lowest BCUT2D eigenvalue weighted by atomic mass is 10.1.